The van der Waals surface area contributed by atoms with E-state index < -0.39 is 6.17 Å². The van der Waals surface area contributed by atoms with E-state index >= 15 is 0 Å². The zero-order valence-corrected chi connectivity index (χ0v) is 18.8. The van der Waals surface area contributed by atoms with Gasteiger partial charge in [0.1, 0.15) is 0 Å². The second-order valence-corrected chi connectivity index (χ2v) is 8.02. The van der Waals surface area contributed by atoms with Crippen LogP contribution in [0.5, 0.6) is 0 Å². The fourth-order valence-electron chi connectivity index (χ4n) is 3.17. The molecule has 0 aliphatic carbocycles. The summed E-state index contributed by atoms with van der Waals surface area (Å²) in [6.07, 6.45) is 0.0545. The van der Waals surface area contributed by atoms with Gasteiger partial charge in [0.15, 0.2) is 5.11 Å². The van der Waals surface area contributed by atoms with E-state index in [1.54, 1.807) is 30.1 Å². The van der Waals surface area contributed by atoms with Crippen LogP contribution in [0.15, 0.2) is 47.5 Å². The third kappa shape index (κ3) is 4.55. The number of hydrogen-bond donors (Lipinski definition) is 1. The second-order valence-electron chi connectivity index (χ2n) is 6.79. The van der Waals surface area contributed by atoms with E-state index in [4.69, 9.17) is 40.4 Å². The lowest BCUT2D eigenvalue weighted by Gasteiger charge is -2.25. The number of benzodiazepines with no additional fused rings is 1. The molecular formula is C21H22Cl2N4OS. The molecule has 0 aromatic heterocycles. The number of carbonyl (C=O) groups is 1. The van der Waals surface area contributed by atoms with Crippen LogP contribution in [0.1, 0.15) is 24.5 Å². The fraction of sp³-hybridized carbons (Fsp3) is 0.286. The van der Waals surface area contributed by atoms with E-state index in [0.29, 0.717) is 26.6 Å². The Morgan fingerprint density at radius 1 is 1.24 bits per heavy atom. The van der Waals surface area contributed by atoms with Crippen LogP contribution in [0.3, 0.4) is 0 Å². The molecule has 3 rings (SSSR count). The van der Waals surface area contributed by atoms with Crippen LogP contribution in [0, 0.1) is 0 Å². The van der Waals surface area contributed by atoms with Crippen molar-refractivity contribution in [1.82, 2.24) is 10.2 Å². The van der Waals surface area contributed by atoms with E-state index in [2.05, 4.69) is 12.2 Å². The number of aliphatic imine (C=N–C) groups is 1. The molecule has 2 aromatic rings. The molecule has 1 heterocycles. The van der Waals surface area contributed by atoms with Gasteiger partial charge in [0.2, 0.25) is 6.17 Å². The van der Waals surface area contributed by atoms with Crippen molar-refractivity contribution < 1.29 is 4.79 Å². The van der Waals surface area contributed by atoms with Gasteiger partial charge in [-0.25, -0.2) is 4.99 Å². The topological polar surface area (TPSA) is 47.9 Å². The van der Waals surface area contributed by atoms with E-state index in [1.165, 1.54) is 0 Å². The minimum absolute atomic E-state index is 0.220. The van der Waals surface area contributed by atoms with Crippen molar-refractivity contribution in [1.29, 1.82) is 0 Å². The van der Waals surface area contributed by atoms with Gasteiger partial charge in [-0.2, -0.15) is 0 Å². The Balaban J connectivity index is 2.13. The van der Waals surface area contributed by atoms with Gasteiger partial charge in [-0.05, 0) is 42.9 Å². The summed E-state index contributed by atoms with van der Waals surface area (Å²) in [5.41, 5.74) is 2.75. The first kappa shape index (κ1) is 21.6. The lowest BCUT2D eigenvalue weighted by atomic mass is 10.00. The van der Waals surface area contributed by atoms with Crippen LogP contribution in [-0.4, -0.2) is 48.4 Å². The van der Waals surface area contributed by atoms with Gasteiger partial charge in [0, 0.05) is 41.8 Å². The van der Waals surface area contributed by atoms with E-state index in [-0.39, 0.29) is 5.91 Å². The van der Waals surface area contributed by atoms with Crippen molar-refractivity contribution in [2.24, 2.45) is 4.99 Å². The summed E-state index contributed by atoms with van der Waals surface area (Å²) in [6, 6.07) is 12.8. The number of likely N-dealkylation sites (N-methyl/N-ethyl adjacent to an activating group) is 1. The minimum Gasteiger partial charge on any atom is -0.352 e. The summed E-state index contributed by atoms with van der Waals surface area (Å²) in [5.74, 6) is -0.220. The Bertz CT molecular complexity index is 979. The number of halogens is 2. The molecule has 1 amide bonds. The van der Waals surface area contributed by atoms with Crippen molar-refractivity contribution in [3.8, 4) is 0 Å². The number of hydrogen-bond acceptors (Lipinski definition) is 3. The average molecular weight is 449 g/mol. The predicted molar refractivity (Wildman–Crippen MR) is 124 cm³/mol. The Hall–Kier alpha value is -2.15. The molecule has 0 spiro atoms. The van der Waals surface area contributed by atoms with Crippen LogP contribution < -0.4 is 10.2 Å². The Morgan fingerprint density at radius 2 is 1.97 bits per heavy atom. The van der Waals surface area contributed by atoms with Crippen molar-refractivity contribution in [3.05, 3.63) is 63.6 Å². The van der Waals surface area contributed by atoms with Crippen molar-refractivity contribution in [2.75, 3.05) is 25.5 Å². The van der Waals surface area contributed by atoms with Crippen molar-refractivity contribution in [3.63, 3.8) is 0 Å². The first-order valence-corrected chi connectivity index (χ1v) is 10.4. The maximum Gasteiger partial charge on any atom is 0.272 e. The molecule has 0 radical (unpaired) electrons. The van der Waals surface area contributed by atoms with Gasteiger partial charge >= 0.3 is 0 Å². The van der Waals surface area contributed by atoms with Gasteiger partial charge in [-0.3, -0.25) is 4.79 Å². The largest absolute Gasteiger partial charge is 0.352 e. The highest BCUT2D eigenvalue weighted by molar-refractivity contribution is 7.80. The smallest absolute Gasteiger partial charge is 0.272 e. The van der Waals surface area contributed by atoms with Crippen LogP contribution in [0.2, 0.25) is 10.0 Å². The quantitative estimate of drug-likeness (QED) is 0.706. The monoisotopic (exact) mass is 448 g/mol. The van der Waals surface area contributed by atoms with E-state index in [9.17, 15) is 4.79 Å². The van der Waals surface area contributed by atoms with Gasteiger partial charge in [-0.1, -0.05) is 48.3 Å². The third-order valence-corrected chi connectivity index (χ3v) is 5.69. The standard InChI is InChI=1S/C21H22Cl2N4OS/c1-4-11-26(2)21(29)25-19-20(28)27(3)17-10-9-13(22)12-15(17)18(24-19)14-7-5-6-8-16(14)23/h5-10,12,19H,4,11H2,1-3H3,(H,25,29). The highest BCUT2D eigenvalue weighted by Crippen LogP contribution is 2.31. The molecule has 0 saturated heterocycles. The molecule has 0 fully saturated rings. The number of benzene rings is 2. The highest BCUT2D eigenvalue weighted by atomic mass is 35.5. The molecule has 1 atom stereocenters. The second kappa shape index (κ2) is 9.11. The van der Waals surface area contributed by atoms with Gasteiger partial charge in [0.05, 0.1) is 11.4 Å². The summed E-state index contributed by atoms with van der Waals surface area (Å²) in [7, 11) is 3.60. The molecule has 2 aromatic carbocycles. The molecule has 1 aliphatic heterocycles. The fourth-order valence-corrected chi connectivity index (χ4v) is 3.77. The van der Waals surface area contributed by atoms with E-state index in [0.717, 1.165) is 24.1 Å². The molecule has 1 N–H and O–H groups in total. The Kier molecular flexibility index (Phi) is 6.77. The summed E-state index contributed by atoms with van der Waals surface area (Å²) in [6.45, 7) is 2.84. The first-order chi connectivity index (χ1) is 13.8. The zero-order chi connectivity index (χ0) is 21.1. The molecule has 29 heavy (non-hydrogen) atoms. The van der Waals surface area contributed by atoms with Crippen LogP contribution in [-0.2, 0) is 4.79 Å². The maximum atomic E-state index is 13.2. The number of anilines is 1. The average Bonchev–Trinajstić information content (AvgIpc) is 2.79. The number of thiocarbonyl (C=S) groups is 1. The summed E-state index contributed by atoms with van der Waals surface area (Å²) in [4.78, 5) is 21.4. The number of fused-ring (bicyclic) bond motifs is 1. The van der Waals surface area contributed by atoms with Gasteiger partial charge in [-0.15, -0.1) is 0 Å². The van der Waals surface area contributed by atoms with Crippen molar-refractivity contribution in [2.45, 2.75) is 19.5 Å². The zero-order valence-electron chi connectivity index (χ0n) is 16.4. The maximum absolute atomic E-state index is 13.2. The van der Waals surface area contributed by atoms with Crippen LogP contribution in [0.4, 0.5) is 5.69 Å². The summed E-state index contributed by atoms with van der Waals surface area (Å²) >= 11 is 18.2. The lowest BCUT2D eigenvalue weighted by molar-refractivity contribution is -0.119. The molecule has 0 bridgehead atoms. The van der Waals surface area contributed by atoms with Crippen molar-refractivity contribution >= 4 is 57.8 Å². The Labute approximate surface area is 186 Å². The molecule has 152 valence electrons. The number of amides is 1. The molecule has 1 aliphatic rings. The van der Waals surface area contributed by atoms with Gasteiger partial charge in [0.25, 0.3) is 5.91 Å². The van der Waals surface area contributed by atoms with Gasteiger partial charge < -0.3 is 15.1 Å². The molecule has 8 heteroatoms. The van der Waals surface area contributed by atoms with Crippen LogP contribution >= 0.6 is 35.4 Å². The third-order valence-electron chi connectivity index (χ3n) is 4.69. The number of carbonyl (C=O) groups excluding carboxylic acids is 1. The lowest BCUT2D eigenvalue weighted by Crippen LogP contribution is -2.49. The molecular weight excluding hydrogens is 427 g/mol. The summed E-state index contributed by atoms with van der Waals surface area (Å²) < 4.78 is 0. The molecule has 0 saturated carbocycles. The number of nitrogens with one attached hydrogen (secondary N) is 1. The minimum atomic E-state index is -0.885. The van der Waals surface area contributed by atoms with E-state index in [1.807, 2.05) is 36.2 Å². The van der Waals surface area contributed by atoms with Crippen LogP contribution in [0.25, 0.3) is 0 Å². The predicted octanol–water partition coefficient (Wildman–Crippen LogP) is 4.35. The molecule has 5 nitrogen and oxygen atoms in total. The summed E-state index contributed by atoms with van der Waals surface area (Å²) in [5, 5.41) is 4.65. The number of nitrogens with zero attached hydrogens (tertiary/aromatic N) is 3. The first-order valence-electron chi connectivity index (χ1n) is 9.25. The SMILES string of the molecule is CCCN(C)C(=S)NC1N=C(c2ccccc2Cl)c2cc(Cl)ccc2N(C)C1=O. The molecule has 1 unspecified atom stereocenters. The normalized spacial score (nSPS) is 16.0. The number of rotatable bonds is 4. The highest BCUT2D eigenvalue weighted by Gasteiger charge is 2.31. The Morgan fingerprint density at radius 3 is 2.66 bits per heavy atom.